The summed E-state index contributed by atoms with van der Waals surface area (Å²) in [5.41, 5.74) is 2.95. The van der Waals surface area contributed by atoms with Gasteiger partial charge in [-0.15, -0.1) is 0 Å². The number of halogens is 1. The molecule has 0 bridgehead atoms. The number of nitrogens with zero attached hydrogens (tertiary/aromatic N) is 3. The quantitative estimate of drug-likeness (QED) is 0.591. The fourth-order valence-electron chi connectivity index (χ4n) is 3.42. The third kappa shape index (κ3) is 4.12. The fraction of sp³-hybridized carbons (Fsp3) is 0.526. The summed E-state index contributed by atoms with van der Waals surface area (Å²) in [6.45, 7) is 9.27. The van der Waals surface area contributed by atoms with Crippen molar-refractivity contribution in [2.45, 2.75) is 44.0 Å². The monoisotopic (exact) mass is 526 g/mol. The minimum absolute atomic E-state index is 0.130. The van der Waals surface area contributed by atoms with Gasteiger partial charge in [0.25, 0.3) is 0 Å². The van der Waals surface area contributed by atoms with E-state index in [4.69, 9.17) is 9.47 Å². The van der Waals surface area contributed by atoms with Crippen molar-refractivity contribution < 1.29 is 19.1 Å². The number of amides is 2. The molecule has 10 heteroatoms. The third-order valence-electron chi connectivity index (χ3n) is 4.90. The zero-order chi connectivity index (χ0) is 20.9. The number of carbonyl (C=O) groups is 2. The van der Waals surface area contributed by atoms with E-state index in [2.05, 4.69) is 32.5 Å². The molecule has 2 unspecified atom stereocenters. The Morgan fingerprint density at radius 3 is 2.79 bits per heavy atom. The van der Waals surface area contributed by atoms with Crippen molar-refractivity contribution in [3.8, 4) is 5.75 Å². The van der Waals surface area contributed by atoms with Gasteiger partial charge in [0, 0.05) is 0 Å². The Morgan fingerprint density at radius 2 is 2.10 bits per heavy atom. The molecule has 0 aromatic heterocycles. The van der Waals surface area contributed by atoms with Crippen LogP contribution in [0.4, 0.5) is 10.5 Å². The number of benzene rings is 1. The molecule has 29 heavy (non-hydrogen) atoms. The molecule has 2 amide bonds. The summed E-state index contributed by atoms with van der Waals surface area (Å²) in [5, 5.41) is 4.14. The molecular formula is C19H24AsBrN4O4. The van der Waals surface area contributed by atoms with Crippen LogP contribution in [0.1, 0.15) is 27.7 Å². The van der Waals surface area contributed by atoms with Gasteiger partial charge in [-0.1, -0.05) is 0 Å². The molecule has 0 saturated carbocycles. The number of anilines is 1. The molecule has 1 aromatic rings. The first kappa shape index (κ1) is 20.5. The number of rotatable bonds is 2. The molecule has 4 rings (SSSR count). The van der Waals surface area contributed by atoms with Gasteiger partial charge in [0.15, 0.2) is 0 Å². The number of fused-ring (bicyclic) bond motifs is 3. The normalized spacial score (nSPS) is 21.8. The van der Waals surface area contributed by atoms with Crippen LogP contribution in [0.25, 0.3) is 0 Å². The van der Waals surface area contributed by atoms with Crippen molar-refractivity contribution in [2.75, 3.05) is 24.6 Å². The molecule has 0 aliphatic carbocycles. The topological polar surface area (TPSA) is 83.5 Å². The maximum absolute atomic E-state index is 12.2. The van der Waals surface area contributed by atoms with Crippen molar-refractivity contribution in [2.24, 2.45) is 5.10 Å². The van der Waals surface area contributed by atoms with Gasteiger partial charge in [-0.25, -0.2) is 0 Å². The zero-order valence-electron chi connectivity index (χ0n) is 16.8. The predicted molar refractivity (Wildman–Crippen MR) is 115 cm³/mol. The van der Waals surface area contributed by atoms with Gasteiger partial charge in [-0.2, -0.15) is 0 Å². The van der Waals surface area contributed by atoms with Crippen molar-refractivity contribution >= 4 is 59.6 Å². The van der Waals surface area contributed by atoms with Crippen LogP contribution in [-0.2, 0) is 9.53 Å². The number of hydrogen-bond donors (Lipinski definition) is 1. The van der Waals surface area contributed by atoms with E-state index in [9.17, 15) is 9.59 Å². The van der Waals surface area contributed by atoms with Crippen LogP contribution in [0.3, 0.4) is 0 Å². The molecule has 1 aromatic carbocycles. The fourth-order valence-corrected chi connectivity index (χ4v) is 7.47. The van der Waals surface area contributed by atoms with Gasteiger partial charge in [0.05, 0.1) is 0 Å². The van der Waals surface area contributed by atoms with Crippen LogP contribution >= 0.6 is 15.9 Å². The Bertz CT molecular complexity index is 895. The number of hydrazone groups is 1. The van der Waals surface area contributed by atoms with Gasteiger partial charge in [0.2, 0.25) is 0 Å². The third-order valence-corrected chi connectivity index (χ3v) is 9.46. The first-order valence-corrected chi connectivity index (χ1v) is 12.5. The summed E-state index contributed by atoms with van der Waals surface area (Å²) in [4.78, 5) is 28.0. The van der Waals surface area contributed by atoms with E-state index >= 15 is 0 Å². The summed E-state index contributed by atoms with van der Waals surface area (Å²) in [5.74, 6) is 1.32. The molecule has 3 heterocycles. The second kappa shape index (κ2) is 7.51. The summed E-state index contributed by atoms with van der Waals surface area (Å²) in [6, 6.07) is 3.75. The summed E-state index contributed by atoms with van der Waals surface area (Å²) in [6.07, 6.45) is -0.243. The van der Waals surface area contributed by atoms with E-state index in [1.807, 2.05) is 38.7 Å². The average molecular weight is 527 g/mol. The Hall–Kier alpha value is -1.73. The van der Waals surface area contributed by atoms with Crippen molar-refractivity contribution in [1.82, 2.24) is 10.3 Å². The minimum atomic E-state index is -0.503. The van der Waals surface area contributed by atoms with E-state index in [0.29, 0.717) is 17.1 Å². The van der Waals surface area contributed by atoms with E-state index < -0.39 is 21.4 Å². The Morgan fingerprint density at radius 1 is 1.38 bits per heavy atom. The molecule has 2 atom stereocenters. The van der Waals surface area contributed by atoms with E-state index in [-0.39, 0.29) is 18.0 Å². The Kier molecular flexibility index (Phi) is 5.32. The first-order chi connectivity index (χ1) is 13.6. The van der Waals surface area contributed by atoms with Gasteiger partial charge in [0.1, 0.15) is 0 Å². The molecule has 156 valence electrons. The van der Waals surface area contributed by atoms with E-state index in [1.54, 1.807) is 4.90 Å². The average Bonchev–Trinajstić information content (AvgIpc) is 2.59. The predicted octanol–water partition coefficient (Wildman–Crippen LogP) is 1.58. The zero-order valence-corrected chi connectivity index (χ0v) is 20.5. The first-order valence-electron chi connectivity index (χ1n) is 9.49. The van der Waals surface area contributed by atoms with Gasteiger partial charge in [-0.05, 0) is 0 Å². The van der Waals surface area contributed by atoms with Crippen LogP contribution in [0.5, 0.6) is 5.75 Å². The molecule has 1 saturated heterocycles. The molecule has 1 N–H and O–H groups in total. The number of amidine groups is 1. The van der Waals surface area contributed by atoms with Crippen LogP contribution in [0.15, 0.2) is 21.7 Å². The van der Waals surface area contributed by atoms with Gasteiger partial charge < -0.3 is 0 Å². The van der Waals surface area contributed by atoms with Crippen LogP contribution in [0, 0.1) is 0 Å². The maximum atomic E-state index is 12.2. The Balaban J connectivity index is 1.48. The van der Waals surface area contributed by atoms with E-state index in [0.717, 1.165) is 29.0 Å². The molecule has 0 radical (unpaired) electrons. The molecule has 1 fully saturated rings. The number of ether oxygens (including phenoxy) is 2. The standard InChI is InChI=1S/C19H24AsBrN4O4/c1-10-17(26)23-22-16-9-28-15-6-13(21)12(5-14(15)25(10)16)20-11-7-24(8-11)18(27)29-19(2,3)4/h5-6,10-11,20H,7-9H2,1-4H3,(H,23,26). The molecular weight excluding hydrogens is 503 g/mol. The molecule has 3 aliphatic heterocycles. The van der Waals surface area contributed by atoms with Crippen molar-refractivity contribution in [1.29, 1.82) is 0 Å². The van der Waals surface area contributed by atoms with Gasteiger partial charge >= 0.3 is 185 Å². The van der Waals surface area contributed by atoms with Crippen LogP contribution in [-0.4, -0.2) is 69.8 Å². The number of carbonyl (C=O) groups excluding carboxylic acids is 2. The molecule has 3 aliphatic rings. The number of likely N-dealkylation sites (tertiary alicyclic amines) is 1. The van der Waals surface area contributed by atoms with Crippen LogP contribution < -0.4 is 19.4 Å². The van der Waals surface area contributed by atoms with Crippen molar-refractivity contribution in [3.05, 3.63) is 16.6 Å². The summed E-state index contributed by atoms with van der Waals surface area (Å²) < 4.78 is 14.0. The summed E-state index contributed by atoms with van der Waals surface area (Å²) in [7, 11) is 0. The second-order valence-corrected chi connectivity index (χ2v) is 12.7. The number of hydrogen-bond acceptors (Lipinski definition) is 6. The van der Waals surface area contributed by atoms with Crippen LogP contribution in [0.2, 0.25) is 4.71 Å². The molecule has 0 spiro atoms. The molecule has 8 nitrogen and oxygen atoms in total. The van der Waals surface area contributed by atoms with Crippen molar-refractivity contribution in [3.63, 3.8) is 0 Å². The number of nitrogens with one attached hydrogen (secondary N) is 1. The van der Waals surface area contributed by atoms with Gasteiger partial charge in [-0.3, -0.25) is 0 Å². The Labute approximate surface area is 184 Å². The SMILES string of the molecule is CC1C(=O)NN=C2COc3cc(Br)c([AsH]C4CN(C(=O)OC(C)(C)C)C4)cc3N21. The van der Waals surface area contributed by atoms with E-state index in [1.165, 1.54) is 4.35 Å². The summed E-state index contributed by atoms with van der Waals surface area (Å²) >= 11 is 3.17. The second-order valence-electron chi connectivity index (χ2n) is 8.37.